The molecule has 0 radical (unpaired) electrons. The summed E-state index contributed by atoms with van der Waals surface area (Å²) in [7, 11) is 1.55. The number of tetrazole rings is 1. The van der Waals surface area contributed by atoms with Crippen molar-refractivity contribution >= 4 is 17.8 Å². The Hall–Kier alpha value is -2.52. The SMILES string of the molecule is CC(C)CCC1(C)NC(=O)N(CC(=O)N(C)Cc2nn[nH]n2)C1=O. The number of imide groups is 1. The monoisotopic (exact) mass is 337 g/mol. The summed E-state index contributed by atoms with van der Waals surface area (Å²) >= 11 is 0. The third-order valence-electron chi connectivity index (χ3n) is 4.05. The van der Waals surface area contributed by atoms with Gasteiger partial charge in [0.1, 0.15) is 12.1 Å². The molecule has 1 saturated heterocycles. The fourth-order valence-corrected chi connectivity index (χ4v) is 2.44. The Bertz CT molecular complexity index is 616. The zero-order valence-electron chi connectivity index (χ0n) is 14.4. The number of H-pyrrole nitrogens is 1. The standard InChI is InChI=1S/C14H23N7O3/c1-9(2)5-6-14(3)12(23)21(13(24)15-14)8-11(22)20(4)7-10-16-18-19-17-10/h9H,5-8H2,1-4H3,(H,15,24)(H,16,17,18,19). The molecule has 4 amide bonds. The van der Waals surface area contributed by atoms with Gasteiger partial charge in [-0.05, 0) is 25.7 Å². The Balaban J connectivity index is 1.97. The molecule has 1 aliphatic heterocycles. The zero-order chi connectivity index (χ0) is 17.9. The number of urea groups is 1. The Morgan fingerprint density at radius 3 is 2.67 bits per heavy atom. The number of likely N-dealkylation sites (N-methyl/N-ethyl adjacent to an activating group) is 1. The zero-order valence-corrected chi connectivity index (χ0v) is 14.4. The van der Waals surface area contributed by atoms with Crippen LogP contribution in [0.5, 0.6) is 0 Å². The number of nitrogens with one attached hydrogen (secondary N) is 2. The van der Waals surface area contributed by atoms with E-state index in [4.69, 9.17) is 0 Å². The number of nitrogens with zero attached hydrogens (tertiary/aromatic N) is 5. The first-order valence-corrected chi connectivity index (χ1v) is 7.83. The second kappa shape index (κ2) is 6.93. The second-order valence-electron chi connectivity index (χ2n) is 6.66. The topological polar surface area (TPSA) is 124 Å². The number of amides is 4. The lowest BCUT2D eigenvalue weighted by molar-refractivity contribution is -0.138. The summed E-state index contributed by atoms with van der Waals surface area (Å²) in [6.07, 6.45) is 1.35. The van der Waals surface area contributed by atoms with Crippen molar-refractivity contribution < 1.29 is 14.4 Å². The Morgan fingerprint density at radius 2 is 2.08 bits per heavy atom. The highest BCUT2D eigenvalue weighted by Gasteiger charge is 2.48. The summed E-state index contributed by atoms with van der Waals surface area (Å²) in [5.74, 6) is 0.0268. The molecule has 0 aromatic carbocycles. The predicted molar refractivity (Wildman–Crippen MR) is 83.4 cm³/mol. The van der Waals surface area contributed by atoms with E-state index in [9.17, 15) is 14.4 Å². The number of hydrogen-bond acceptors (Lipinski definition) is 6. The molecular weight excluding hydrogens is 314 g/mol. The molecule has 10 heteroatoms. The van der Waals surface area contributed by atoms with Crippen LogP contribution in [0.1, 0.15) is 39.4 Å². The van der Waals surface area contributed by atoms with E-state index in [2.05, 4.69) is 39.8 Å². The summed E-state index contributed by atoms with van der Waals surface area (Å²) in [6.45, 7) is 5.64. The first kappa shape index (κ1) is 17.8. The molecule has 0 spiro atoms. The van der Waals surface area contributed by atoms with E-state index in [1.54, 1.807) is 14.0 Å². The summed E-state index contributed by atoms with van der Waals surface area (Å²) in [5.41, 5.74) is -0.951. The molecule has 132 valence electrons. The number of aromatic amines is 1. The van der Waals surface area contributed by atoms with Gasteiger partial charge in [0.05, 0.1) is 6.54 Å². The molecule has 1 aromatic rings. The molecule has 1 aromatic heterocycles. The molecule has 0 aliphatic carbocycles. The van der Waals surface area contributed by atoms with Gasteiger partial charge < -0.3 is 10.2 Å². The minimum absolute atomic E-state index is 0.142. The fourth-order valence-electron chi connectivity index (χ4n) is 2.44. The third kappa shape index (κ3) is 3.87. The predicted octanol–water partition coefficient (Wildman–Crippen LogP) is -0.0952. The average molecular weight is 337 g/mol. The van der Waals surface area contributed by atoms with Crippen molar-refractivity contribution in [2.45, 2.75) is 45.7 Å². The van der Waals surface area contributed by atoms with Crippen molar-refractivity contribution in [2.75, 3.05) is 13.6 Å². The van der Waals surface area contributed by atoms with Gasteiger partial charge in [-0.25, -0.2) is 4.79 Å². The van der Waals surface area contributed by atoms with Crippen LogP contribution < -0.4 is 5.32 Å². The van der Waals surface area contributed by atoms with E-state index in [1.807, 2.05) is 0 Å². The van der Waals surface area contributed by atoms with E-state index in [0.717, 1.165) is 11.3 Å². The van der Waals surface area contributed by atoms with Gasteiger partial charge in [-0.2, -0.15) is 5.21 Å². The van der Waals surface area contributed by atoms with Gasteiger partial charge in [0, 0.05) is 7.05 Å². The summed E-state index contributed by atoms with van der Waals surface area (Å²) < 4.78 is 0. The highest BCUT2D eigenvalue weighted by atomic mass is 16.2. The lowest BCUT2D eigenvalue weighted by atomic mass is 9.92. The molecule has 1 unspecified atom stereocenters. The van der Waals surface area contributed by atoms with E-state index in [1.165, 1.54) is 4.90 Å². The molecular formula is C14H23N7O3. The lowest BCUT2D eigenvalue weighted by Crippen LogP contribution is -2.45. The van der Waals surface area contributed by atoms with Crippen LogP contribution in [-0.4, -0.2) is 67.4 Å². The van der Waals surface area contributed by atoms with Gasteiger partial charge in [0.25, 0.3) is 5.91 Å². The molecule has 1 atom stereocenters. The molecule has 2 rings (SSSR count). The van der Waals surface area contributed by atoms with Crippen LogP contribution in [0.3, 0.4) is 0 Å². The molecule has 2 heterocycles. The van der Waals surface area contributed by atoms with E-state index in [-0.39, 0.29) is 24.9 Å². The number of carbonyl (C=O) groups excluding carboxylic acids is 3. The van der Waals surface area contributed by atoms with Crippen LogP contribution >= 0.6 is 0 Å². The van der Waals surface area contributed by atoms with Crippen LogP contribution in [0.25, 0.3) is 0 Å². The Morgan fingerprint density at radius 1 is 1.38 bits per heavy atom. The van der Waals surface area contributed by atoms with Gasteiger partial charge in [0.2, 0.25) is 5.91 Å². The van der Waals surface area contributed by atoms with Crippen LogP contribution in [0.2, 0.25) is 0 Å². The minimum Gasteiger partial charge on any atom is -0.337 e. The quantitative estimate of drug-likeness (QED) is 0.670. The van der Waals surface area contributed by atoms with Crippen molar-refractivity contribution in [3.05, 3.63) is 5.82 Å². The number of aromatic nitrogens is 4. The lowest BCUT2D eigenvalue weighted by Gasteiger charge is -2.23. The van der Waals surface area contributed by atoms with Gasteiger partial charge >= 0.3 is 6.03 Å². The van der Waals surface area contributed by atoms with Gasteiger partial charge in [-0.1, -0.05) is 19.1 Å². The smallest absolute Gasteiger partial charge is 0.325 e. The van der Waals surface area contributed by atoms with Gasteiger partial charge in [-0.3, -0.25) is 14.5 Å². The molecule has 24 heavy (non-hydrogen) atoms. The van der Waals surface area contributed by atoms with Gasteiger partial charge in [0.15, 0.2) is 5.82 Å². The largest absolute Gasteiger partial charge is 0.337 e. The molecule has 0 saturated carbocycles. The Kier molecular flexibility index (Phi) is 5.15. The maximum atomic E-state index is 12.6. The highest BCUT2D eigenvalue weighted by molar-refractivity contribution is 6.08. The second-order valence-corrected chi connectivity index (χ2v) is 6.66. The van der Waals surface area contributed by atoms with Crippen LogP contribution in [0.4, 0.5) is 4.79 Å². The molecule has 1 aliphatic rings. The van der Waals surface area contributed by atoms with Gasteiger partial charge in [-0.15, -0.1) is 10.2 Å². The number of rotatable bonds is 7. The summed E-state index contributed by atoms with van der Waals surface area (Å²) in [5, 5.41) is 15.9. The van der Waals surface area contributed by atoms with Crippen molar-refractivity contribution in [2.24, 2.45) is 5.92 Å². The summed E-state index contributed by atoms with van der Waals surface area (Å²) in [6, 6.07) is -0.535. The Labute approximate surface area is 139 Å². The van der Waals surface area contributed by atoms with Crippen LogP contribution in [-0.2, 0) is 16.1 Å². The van der Waals surface area contributed by atoms with E-state index < -0.39 is 11.6 Å². The number of hydrogen-bond donors (Lipinski definition) is 2. The first-order valence-electron chi connectivity index (χ1n) is 7.83. The van der Waals surface area contributed by atoms with Crippen LogP contribution in [0, 0.1) is 5.92 Å². The highest BCUT2D eigenvalue weighted by Crippen LogP contribution is 2.24. The first-order chi connectivity index (χ1) is 11.2. The van der Waals surface area contributed by atoms with Crippen LogP contribution in [0.15, 0.2) is 0 Å². The number of carbonyl (C=O) groups is 3. The minimum atomic E-state index is -0.951. The fraction of sp³-hybridized carbons (Fsp3) is 0.714. The average Bonchev–Trinajstić information content (AvgIpc) is 3.08. The van der Waals surface area contributed by atoms with Crippen molar-refractivity contribution in [1.29, 1.82) is 0 Å². The maximum Gasteiger partial charge on any atom is 0.325 e. The van der Waals surface area contributed by atoms with E-state index >= 15 is 0 Å². The van der Waals surface area contributed by atoms with E-state index in [0.29, 0.717) is 18.2 Å². The van der Waals surface area contributed by atoms with Crippen molar-refractivity contribution in [3.8, 4) is 0 Å². The molecule has 10 nitrogen and oxygen atoms in total. The normalized spacial score (nSPS) is 20.6. The van der Waals surface area contributed by atoms with Crippen molar-refractivity contribution in [3.63, 3.8) is 0 Å². The maximum absolute atomic E-state index is 12.6. The molecule has 1 fully saturated rings. The van der Waals surface area contributed by atoms with Crippen molar-refractivity contribution in [1.82, 2.24) is 35.7 Å². The summed E-state index contributed by atoms with van der Waals surface area (Å²) in [4.78, 5) is 39.2. The molecule has 0 bridgehead atoms. The molecule has 2 N–H and O–H groups in total. The third-order valence-corrected chi connectivity index (χ3v) is 4.05.